The molecule has 2 N–H and O–H groups in total. The minimum Gasteiger partial charge on any atom is -0.310 e. The molecular weight excluding hydrogens is 737 g/mol. The molecule has 8 heterocycles. The van der Waals surface area contributed by atoms with Gasteiger partial charge in [0, 0.05) is 117 Å². The molecule has 5 unspecified atom stereocenters. The predicted octanol–water partition coefficient (Wildman–Crippen LogP) is 10.5. The quantitative estimate of drug-likeness (QED) is 0.250. The molecule has 2 bridgehead atoms. The second kappa shape index (κ2) is 27.2. The van der Waals surface area contributed by atoms with Crippen LogP contribution in [-0.4, -0.2) is 166 Å². The van der Waals surface area contributed by atoms with Crippen LogP contribution in [0.1, 0.15) is 203 Å². The minimum atomic E-state index is 0.355. The van der Waals surface area contributed by atoms with Gasteiger partial charge in [0.15, 0.2) is 0 Å². The minimum absolute atomic E-state index is 0.355. The Morgan fingerprint density at radius 3 is 1.23 bits per heavy atom. The van der Waals surface area contributed by atoms with Crippen LogP contribution < -0.4 is 10.6 Å². The van der Waals surface area contributed by atoms with Gasteiger partial charge in [-0.05, 0) is 161 Å². The Morgan fingerprint density at radius 1 is 0.400 bits per heavy atom. The van der Waals surface area contributed by atoms with Gasteiger partial charge >= 0.3 is 0 Å². The molecule has 8 rings (SSSR count). The summed E-state index contributed by atoms with van der Waals surface area (Å²) in [6.07, 6.45) is 14.0. The summed E-state index contributed by atoms with van der Waals surface area (Å²) >= 11 is 0. The monoisotopic (exact) mass is 849 g/mol. The zero-order valence-corrected chi connectivity index (χ0v) is 44.8. The molecule has 0 saturated carbocycles. The molecule has 8 aliphatic rings. The number of nitrogens with one attached hydrogen (secondary N) is 2. The number of fused-ring (bicyclic) bond motifs is 4. The van der Waals surface area contributed by atoms with Crippen molar-refractivity contribution in [2.45, 2.75) is 255 Å². The molecule has 0 amide bonds. The van der Waals surface area contributed by atoms with Crippen molar-refractivity contribution in [1.82, 2.24) is 40.0 Å². The van der Waals surface area contributed by atoms with Gasteiger partial charge in [0.25, 0.3) is 0 Å². The highest BCUT2D eigenvalue weighted by atomic mass is 15.3. The van der Waals surface area contributed by atoms with Crippen LogP contribution >= 0.6 is 0 Å². The van der Waals surface area contributed by atoms with Gasteiger partial charge in [-0.3, -0.25) is 29.4 Å². The summed E-state index contributed by atoms with van der Waals surface area (Å²) in [6.45, 7) is 60.6. The Bertz CT molecular complexity index is 1050. The molecule has 8 saturated heterocycles. The van der Waals surface area contributed by atoms with Crippen molar-refractivity contribution in [1.29, 1.82) is 0 Å². The summed E-state index contributed by atoms with van der Waals surface area (Å²) in [5.41, 5.74) is 1.95. The van der Waals surface area contributed by atoms with E-state index in [1.807, 2.05) is 55.4 Å². The highest BCUT2D eigenvalue weighted by Crippen LogP contribution is 2.33. The van der Waals surface area contributed by atoms with E-state index >= 15 is 0 Å². The van der Waals surface area contributed by atoms with Crippen LogP contribution in [0.25, 0.3) is 0 Å². The van der Waals surface area contributed by atoms with Crippen molar-refractivity contribution in [2.75, 3.05) is 85.1 Å². The van der Waals surface area contributed by atoms with E-state index < -0.39 is 0 Å². The Hall–Kier alpha value is -0.320. The SMILES string of the molecule is CC.CC.CC.CC.CC(C)(C)N1CC2CCC(C1)N2.CC(C)(C)N1CCC2(CCCN2)C1.CC(C)(C)N1CCN2CCCC2C1.CC(C)(C)N1CCN2CCCCC2C1. The molecular formula is C52H112N8. The summed E-state index contributed by atoms with van der Waals surface area (Å²) < 4.78 is 0. The van der Waals surface area contributed by atoms with Gasteiger partial charge in [0.05, 0.1) is 0 Å². The Balaban J connectivity index is 0.000000378. The van der Waals surface area contributed by atoms with E-state index in [0.717, 1.165) is 24.2 Å². The van der Waals surface area contributed by atoms with Crippen LogP contribution in [0.15, 0.2) is 0 Å². The molecule has 5 atom stereocenters. The average Bonchev–Trinajstić information content (AvgIpc) is 4.06. The fraction of sp³-hybridized carbons (Fsp3) is 1.00. The van der Waals surface area contributed by atoms with E-state index in [0.29, 0.717) is 27.7 Å². The second-order valence-electron chi connectivity index (χ2n) is 22.1. The zero-order chi connectivity index (χ0) is 46.0. The highest BCUT2D eigenvalue weighted by molar-refractivity contribution is 5.03. The number of hydrogen-bond donors (Lipinski definition) is 2. The van der Waals surface area contributed by atoms with Crippen molar-refractivity contribution in [3.05, 3.63) is 0 Å². The van der Waals surface area contributed by atoms with Gasteiger partial charge in [0.2, 0.25) is 0 Å². The number of piperazine rings is 3. The molecule has 8 nitrogen and oxygen atoms in total. The van der Waals surface area contributed by atoms with Crippen molar-refractivity contribution < 1.29 is 0 Å². The fourth-order valence-corrected chi connectivity index (χ4v) is 10.4. The maximum atomic E-state index is 3.69. The molecule has 0 aromatic carbocycles. The molecule has 8 fully saturated rings. The predicted molar refractivity (Wildman–Crippen MR) is 269 cm³/mol. The third-order valence-corrected chi connectivity index (χ3v) is 14.1. The number of nitrogens with zero attached hydrogens (tertiary/aromatic N) is 6. The lowest BCUT2D eigenvalue weighted by atomic mass is 9.96. The largest absolute Gasteiger partial charge is 0.310 e. The van der Waals surface area contributed by atoms with Crippen molar-refractivity contribution in [3.63, 3.8) is 0 Å². The van der Waals surface area contributed by atoms with Gasteiger partial charge in [-0.1, -0.05) is 61.8 Å². The van der Waals surface area contributed by atoms with Gasteiger partial charge in [0.1, 0.15) is 0 Å². The van der Waals surface area contributed by atoms with Gasteiger partial charge in [-0.25, -0.2) is 0 Å². The molecule has 0 radical (unpaired) electrons. The summed E-state index contributed by atoms with van der Waals surface area (Å²) in [7, 11) is 0. The van der Waals surface area contributed by atoms with E-state index in [-0.39, 0.29) is 0 Å². The first-order valence-electron chi connectivity index (χ1n) is 26.2. The van der Waals surface area contributed by atoms with E-state index in [1.165, 1.54) is 149 Å². The standard InChI is InChI=1S/C12H24N2.2C11H22N2.C10H20N2.4C2H6/c1-12(2,3)14-9-8-13-7-5-4-6-11(13)10-14;1-10(2,3)13-8-6-11(9-13)5-4-7-12-11;1-11(2,3)13-8-7-12-6-4-5-10(12)9-13;1-10(2,3)12-6-8-4-5-9(7-12)11-8;4*1-2/h11H,4-10H2,1-3H3;12H,4-9H2,1-3H3;10H,4-9H2,1-3H3;8-9,11H,4-7H2,1-3H3;4*1-2H3. The Labute approximate surface area is 378 Å². The molecule has 60 heavy (non-hydrogen) atoms. The zero-order valence-electron chi connectivity index (χ0n) is 44.8. The molecule has 1 spiro atoms. The second-order valence-corrected chi connectivity index (χ2v) is 22.1. The number of piperidine rings is 1. The summed E-state index contributed by atoms with van der Waals surface area (Å²) in [5, 5.41) is 7.34. The van der Waals surface area contributed by atoms with Crippen LogP contribution in [0.5, 0.6) is 0 Å². The molecule has 0 aliphatic carbocycles. The third kappa shape index (κ3) is 18.6. The van der Waals surface area contributed by atoms with Crippen molar-refractivity contribution in [2.24, 2.45) is 0 Å². The molecule has 8 aliphatic heterocycles. The summed E-state index contributed by atoms with van der Waals surface area (Å²) in [5.74, 6) is 0. The first-order valence-corrected chi connectivity index (χ1v) is 26.2. The van der Waals surface area contributed by atoms with Crippen molar-refractivity contribution in [3.8, 4) is 0 Å². The maximum absolute atomic E-state index is 3.69. The van der Waals surface area contributed by atoms with E-state index in [4.69, 9.17) is 0 Å². The topological polar surface area (TPSA) is 43.5 Å². The first-order chi connectivity index (χ1) is 28.2. The van der Waals surface area contributed by atoms with Crippen LogP contribution in [0.4, 0.5) is 0 Å². The molecule has 0 aromatic heterocycles. The molecule has 360 valence electrons. The summed E-state index contributed by atoms with van der Waals surface area (Å²) in [4.78, 5) is 15.9. The Morgan fingerprint density at radius 2 is 0.833 bits per heavy atom. The highest BCUT2D eigenvalue weighted by Gasteiger charge is 2.43. The summed E-state index contributed by atoms with van der Waals surface area (Å²) in [6, 6.07) is 3.29. The van der Waals surface area contributed by atoms with Gasteiger partial charge < -0.3 is 10.6 Å². The van der Waals surface area contributed by atoms with Gasteiger partial charge in [-0.15, -0.1) is 0 Å². The van der Waals surface area contributed by atoms with Crippen LogP contribution in [0, 0.1) is 0 Å². The number of rotatable bonds is 0. The van der Waals surface area contributed by atoms with E-state index in [1.54, 1.807) is 0 Å². The smallest absolute Gasteiger partial charge is 0.0321 e. The average molecular weight is 850 g/mol. The normalized spacial score (nSPS) is 30.0. The van der Waals surface area contributed by atoms with E-state index in [9.17, 15) is 0 Å². The van der Waals surface area contributed by atoms with Crippen LogP contribution in [0.3, 0.4) is 0 Å². The number of likely N-dealkylation sites (tertiary alicyclic amines) is 2. The number of hydrogen-bond acceptors (Lipinski definition) is 8. The first kappa shape index (κ1) is 57.7. The maximum Gasteiger partial charge on any atom is 0.0321 e. The van der Waals surface area contributed by atoms with Crippen LogP contribution in [-0.2, 0) is 0 Å². The lowest BCUT2D eigenvalue weighted by Crippen LogP contribution is -2.59. The molecule has 0 aromatic rings. The van der Waals surface area contributed by atoms with Crippen LogP contribution in [0.2, 0.25) is 0 Å². The lowest BCUT2D eigenvalue weighted by Gasteiger charge is -2.48. The Kier molecular flexibility index (Phi) is 26.2. The van der Waals surface area contributed by atoms with E-state index in [2.05, 4.69) is 123 Å². The third-order valence-electron chi connectivity index (χ3n) is 14.1. The van der Waals surface area contributed by atoms with Gasteiger partial charge in [-0.2, -0.15) is 0 Å². The lowest BCUT2D eigenvalue weighted by molar-refractivity contribution is 0.00573. The fourth-order valence-electron chi connectivity index (χ4n) is 10.4. The van der Waals surface area contributed by atoms with Crippen molar-refractivity contribution >= 4 is 0 Å². The molecule has 8 heteroatoms.